The average Bonchev–Trinajstić information content (AvgIpc) is 3.03. The number of anilines is 2. The first-order chi connectivity index (χ1) is 12.0. The van der Waals surface area contributed by atoms with E-state index in [-0.39, 0.29) is 23.8 Å². The molecule has 2 aromatic rings. The average molecular weight is 358 g/mol. The summed E-state index contributed by atoms with van der Waals surface area (Å²) in [4.78, 5) is 12.5. The van der Waals surface area contributed by atoms with E-state index in [4.69, 9.17) is 17.3 Å². The van der Waals surface area contributed by atoms with E-state index in [2.05, 4.69) is 32.1 Å². The first kappa shape index (κ1) is 17.5. The molecule has 1 aliphatic carbocycles. The third-order valence-electron chi connectivity index (χ3n) is 4.27. The third kappa shape index (κ3) is 4.38. The van der Waals surface area contributed by atoms with Crippen LogP contribution in [0.25, 0.3) is 0 Å². The molecule has 0 saturated heterocycles. The molecule has 25 heavy (non-hydrogen) atoms. The van der Waals surface area contributed by atoms with Crippen molar-refractivity contribution in [1.29, 1.82) is 0 Å². The smallest absolute Gasteiger partial charge is 0.223 e. The van der Waals surface area contributed by atoms with Crippen molar-refractivity contribution < 1.29 is 5.11 Å². The van der Waals surface area contributed by atoms with Crippen molar-refractivity contribution in [3.05, 3.63) is 40.3 Å². The van der Waals surface area contributed by atoms with Crippen LogP contribution in [0.2, 0.25) is 5.15 Å². The predicted octanol–water partition coefficient (Wildman–Crippen LogP) is 2.39. The monoisotopic (exact) mass is 357 g/mol. The van der Waals surface area contributed by atoms with Crippen LogP contribution in [-0.4, -0.2) is 32.7 Å². The molecule has 2 aromatic heterocycles. The number of aromatic nitrogens is 3. The molecule has 4 N–H and O–H groups in total. The van der Waals surface area contributed by atoms with E-state index in [0.29, 0.717) is 17.3 Å². The zero-order valence-electron chi connectivity index (χ0n) is 14.0. The molecule has 0 aliphatic heterocycles. The minimum atomic E-state index is 0.103. The SMILES string of the molecule is Cc1ccc(C#Cc2c(Cl)nc(N)nc2N[C@H]2CC[C@@H](CO)C2)cn1. The Labute approximate surface area is 151 Å². The van der Waals surface area contributed by atoms with Gasteiger partial charge in [0.15, 0.2) is 5.15 Å². The molecule has 0 spiro atoms. The number of nitrogens with two attached hydrogens (primary N) is 1. The number of aliphatic hydroxyl groups excluding tert-OH is 1. The van der Waals surface area contributed by atoms with E-state index in [1.54, 1.807) is 6.20 Å². The fourth-order valence-corrected chi connectivity index (χ4v) is 3.13. The highest BCUT2D eigenvalue weighted by molar-refractivity contribution is 6.31. The van der Waals surface area contributed by atoms with Crippen molar-refractivity contribution in [1.82, 2.24) is 15.0 Å². The number of hydrogen-bond acceptors (Lipinski definition) is 6. The van der Waals surface area contributed by atoms with Gasteiger partial charge in [0.1, 0.15) is 11.4 Å². The first-order valence-corrected chi connectivity index (χ1v) is 8.58. The van der Waals surface area contributed by atoms with Crippen molar-refractivity contribution in [2.75, 3.05) is 17.7 Å². The molecule has 0 amide bonds. The van der Waals surface area contributed by atoms with Gasteiger partial charge in [-0.05, 0) is 44.2 Å². The number of nitrogen functional groups attached to an aromatic ring is 1. The van der Waals surface area contributed by atoms with Crippen molar-refractivity contribution >= 4 is 23.4 Å². The number of aliphatic hydroxyl groups is 1. The van der Waals surface area contributed by atoms with Crippen LogP contribution < -0.4 is 11.1 Å². The predicted molar refractivity (Wildman–Crippen MR) is 98.2 cm³/mol. The van der Waals surface area contributed by atoms with Crippen LogP contribution in [0, 0.1) is 24.7 Å². The molecular weight excluding hydrogens is 338 g/mol. The number of pyridine rings is 1. The molecule has 7 heteroatoms. The van der Waals surface area contributed by atoms with Gasteiger partial charge in [0.25, 0.3) is 0 Å². The van der Waals surface area contributed by atoms with Gasteiger partial charge in [-0.1, -0.05) is 23.4 Å². The second-order valence-corrected chi connectivity index (χ2v) is 6.60. The maximum Gasteiger partial charge on any atom is 0.223 e. The van der Waals surface area contributed by atoms with E-state index in [1.165, 1.54) is 0 Å². The number of hydrogen-bond donors (Lipinski definition) is 3. The largest absolute Gasteiger partial charge is 0.396 e. The number of nitrogens with one attached hydrogen (secondary N) is 1. The van der Waals surface area contributed by atoms with Gasteiger partial charge in [0.05, 0.1) is 0 Å². The second kappa shape index (κ2) is 7.68. The van der Waals surface area contributed by atoms with Gasteiger partial charge in [-0.15, -0.1) is 0 Å². The van der Waals surface area contributed by atoms with Crippen LogP contribution in [0.5, 0.6) is 0 Å². The Morgan fingerprint density at radius 1 is 1.32 bits per heavy atom. The summed E-state index contributed by atoms with van der Waals surface area (Å²) in [7, 11) is 0. The molecule has 3 rings (SSSR count). The summed E-state index contributed by atoms with van der Waals surface area (Å²) < 4.78 is 0. The molecule has 2 heterocycles. The standard InChI is InChI=1S/C18H20ClN5O/c1-11-2-3-12(9-21-11)5-7-15-16(19)23-18(20)24-17(15)22-14-6-4-13(8-14)10-25/h2-3,9,13-14,25H,4,6,8,10H2,1H3,(H3,20,22,23,24)/t13-,14+/m1/s1. The van der Waals surface area contributed by atoms with Crippen LogP contribution in [-0.2, 0) is 0 Å². The lowest BCUT2D eigenvalue weighted by Crippen LogP contribution is -2.19. The first-order valence-electron chi connectivity index (χ1n) is 8.20. The molecule has 0 bridgehead atoms. The molecule has 0 unspecified atom stereocenters. The Bertz CT molecular complexity index is 813. The van der Waals surface area contributed by atoms with E-state index in [9.17, 15) is 5.11 Å². The maximum absolute atomic E-state index is 9.30. The minimum Gasteiger partial charge on any atom is -0.396 e. The molecule has 6 nitrogen and oxygen atoms in total. The van der Waals surface area contributed by atoms with Crippen molar-refractivity contribution in [2.45, 2.75) is 32.2 Å². The van der Waals surface area contributed by atoms with Gasteiger partial charge in [-0.2, -0.15) is 9.97 Å². The molecule has 1 aliphatic rings. The summed E-state index contributed by atoms with van der Waals surface area (Å²) >= 11 is 6.24. The quantitative estimate of drug-likeness (QED) is 0.576. The summed E-state index contributed by atoms with van der Waals surface area (Å²) in [6.07, 6.45) is 4.54. The summed E-state index contributed by atoms with van der Waals surface area (Å²) in [6.45, 7) is 2.13. The lowest BCUT2D eigenvalue weighted by atomic mass is 10.1. The fraction of sp³-hybridized carbons (Fsp3) is 0.389. The fourth-order valence-electron chi connectivity index (χ4n) is 2.91. The van der Waals surface area contributed by atoms with E-state index < -0.39 is 0 Å². The minimum absolute atomic E-state index is 0.103. The van der Waals surface area contributed by atoms with Gasteiger partial charge in [-0.25, -0.2) is 0 Å². The molecular formula is C18H20ClN5O. The number of halogens is 1. The maximum atomic E-state index is 9.30. The lowest BCUT2D eigenvalue weighted by Gasteiger charge is -2.15. The molecule has 1 saturated carbocycles. The highest BCUT2D eigenvalue weighted by Gasteiger charge is 2.25. The van der Waals surface area contributed by atoms with E-state index >= 15 is 0 Å². The van der Waals surface area contributed by atoms with Crippen molar-refractivity contribution in [2.24, 2.45) is 5.92 Å². The number of aryl methyl sites for hydroxylation is 1. The highest BCUT2D eigenvalue weighted by Crippen LogP contribution is 2.29. The highest BCUT2D eigenvalue weighted by atomic mass is 35.5. The van der Waals surface area contributed by atoms with Crippen molar-refractivity contribution in [3.8, 4) is 11.8 Å². The van der Waals surface area contributed by atoms with Crippen LogP contribution >= 0.6 is 11.6 Å². The summed E-state index contributed by atoms with van der Waals surface area (Å²) in [5.74, 6) is 7.02. The van der Waals surface area contributed by atoms with Crippen molar-refractivity contribution in [3.63, 3.8) is 0 Å². The zero-order valence-corrected chi connectivity index (χ0v) is 14.7. The normalized spacial score (nSPS) is 19.3. The van der Waals surface area contributed by atoms with Gasteiger partial charge < -0.3 is 16.2 Å². The Morgan fingerprint density at radius 2 is 2.16 bits per heavy atom. The van der Waals surface area contributed by atoms with Gasteiger partial charge in [0.2, 0.25) is 5.95 Å². The number of nitrogens with zero attached hydrogens (tertiary/aromatic N) is 3. The Balaban J connectivity index is 1.87. The van der Waals surface area contributed by atoms with Crippen LogP contribution in [0.1, 0.15) is 36.1 Å². The summed E-state index contributed by atoms with van der Waals surface area (Å²) in [5, 5.41) is 12.9. The zero-order chi connectivity index (χ0) is 17.8. The van der Waals surface area contributed by atoms with Crippen LogP contribution in [0.3, 0.4) is 0 Å². The van der Waals surface area contributed by atoms with Gasteiger partial charge in [-0.3, -0.25) is 4.98 Å². The number of rotatable bonds is 3. The van der Waals surface area contributed by atoms with Crippen LogP contribution in [0.15, 0.2) is 18.3 Å². The van der Waals surface area contributed by atoms with Gasteiger partial charge in [0, 0.05) is 30.1 Å². The van der Waals surface area contributed by atoms with Crippen LogP contribution in [0.4, 0.5) is 11.8 Å². The van der Waals surface area contributed by atoms with E-state index in [1.807, 2.05) is 19.1 Å². The third-order valence-corrected chi connectivity index (χ3v) is 4.54. The summed E-state index contributed by atoms with van der Waals surface area (Å²) in [5.41, 5.74) is 7.97. The molecule has 130 valence electrons. The topological polar surface area (TPSA) is 97.0 Å². The molecule has 1 fully saturated rings. The Hall–Kier alpha value is -2.36. The van der Waals surface area contributed by atoms with Gasteiger partial charge >= 0.3 is 0 Å². The second-order valence-electron chi connectivity index (χ2n) is 6.24. The van der Waals surface area contributed by atoms with E-state index in [0.717, 1.165) is 30.5 Å². The molecule has 2 atom stereocenters. The summed E-state index contributed by atoms with van der Waals surface area (Å²) in [6, 6.07) is 4.01. The lowest BCUT2D eigenvalue weighted by molar-refractivity contribution is 0.229. The Kier molecular flexibility index (Phi) is 5.37. The molecule has 0 aromatic carbocycles. The Morgan fingerprint density at radius 3 is 2.84 bits per heavy atom. The molecule has 0 radical (unpaired) electrons.